The van der Waals surface area contributed by atoms with Crippen LogP contribution in [0.25, 0.3) is 0 Å². The van der Waals surface area contributed by atoms with Crippen molar-refractivity contribution >= 4 is 0 Å². The summed E-state index contributed by atoms with van der Waals surface area (Å²) in [5.41, 5.74) is 0.666. The number of aromatic nitrogens is 3. The number of aliphatic hydroxyl groups is 1. The minimum atomic E-state index is -0.966. The summed E-state index contributed by atoms with van der Waals surface area (Å²) in [6.45, 7) is 3.97. The lowest BCUT2D eigenvalue weighted by Gasteiger charge is -2.11. The van der Waals surface area contributed by atoms with Crippen molar-refractivity contribution in [3.8, 4) is 5.75 Å². The Morgan fingerprint density at radius 3 is 2.78 bits per heavy atom. The van der Waals surface area contributed by atoms with E-state index in [-0.39, 0.29) is 0 Å². The van der Waals surface area contributed by atoms with E-state index in [1.165, 1.54) is 0 Å². The van der Waals surface area contributed by atoms with E-state index >= 15 is 0 Å². The number of hydrogen-bond donors (Lipinski definition) is 1. The normalized spacial score (nSPS) is 11.6. The highest BCUT2D eigenvalue weighted by atomic mass is 16.5. The number of nitrogens with zero attached hydrogens (tertiary/aromatic N) is 3. The van der Waals surface area contributed by atoms with Crippen molar-refractivity contribution in [2.45, 2.75) is 26.0 Å². The molecule has 0 saturated carbocycles. The van der Waals surface area contributed by atoms with Crippen LogP contribution in [-0.4, -0.2) is 27.2 Å². The Balaban J connectivity index is 2.16. The van der Waals surface area contributed by atoms with Gasteiger partial charge in [0.2, 0.25) is 0 Å². The monoisotopic (exact) mass is 247 g/mol. The fourth-order valence-electron chi connectivity index (χ4n) is 1.61. The van der Waals surface area contributed by atoms with Gasteiger partial charge < -0.3 is 9.84 Å². The molecule has 0 unspecified atom stereocenters. The molecule has 0 aliphatic rings. The molecule has 5 heteroatoms. The average Bonchev–Trinajstić information content (AvgIpc) is 2.77. The number of hydrogen-bond acceptors (Lipinski definition) is 4. The van der Waals surface area contributed by atoms with Gasteiger partial charge in [-0.2, -0.15) is 0 Å². The lowest BCUT2D eigenvalue weighted by atomic mass is 10.1. The molecule has 2 rings (SSSR count). The van der Waals surface area contributed by atoms with E-state index in [9.17, 15) is 5.11 Å². The average molecular weight is 247 g/mol. The van der Waals surface area contributed by atoms with Gasteiger partial charge in [-0.1, -0.05) is 17.3 Å². The SMILES string of the molecule is COc1cccc(Cn2cc(C(C)(C)O)nn2)c1. The zero-order chi connectivity index (χ0) is 13.2. The summed E-state index contributed by atoms with van der Waals surface area (Å²) in [6, 6.07) is 7.77. The van der Waals surface area contributed by atoms with Crippen molar-refractivity contribution in [2.75, 3.05) is 7.11 Å². The maximum absolute atomic E-state index is 9.81. The van der Waals surface area contributed by atoms with Gasteiger partial charge in [0.05, 0.1) is 19.9 Å². The summed E-state index contributed by atoms with van der Waals surface area (Å²) in [5.74, 6) is 0.815. The Morgan fingerprint density at radius 1 is 1.39 bits per heavy atom. The second-order valence-electron chi connectivity index (χ2n) is 4.71. The molecule has 0 saturated heterocycles. The Morgan fingerprint density at radius 2 is 2.17 bits per heavy atom. The first-order valence-corrected chi connectivity index (χ1v) is 5.75. The minimum Gasteiger partial charge on any atom is -0.497 e. The molecule has 1 aromatic carbocycles. The second kappa shape index (κ2) is 4.78. The zero-order valence-corrected chi connectivity index (χ0v) is 10.8. The highest BCUT2D eigenvalue weighted by Crippen LogP contribution is 2.17. The summed E-state index contributed by atoms with van der Waals surface area (Å²) in [6.07, 6.45) is 1.75. The highest BCUT2D eigenvalue weighted by Gasteiger charge is 2.19. The summed E-state index contributed by atoms with van der Waals surface area (Å²) < 4.78 is 6.86. The van der Waals surface area contributed by atoms with Gasteiger partial charge in [-0.25, -0.2) is 4.68 Å². The molecule has 5 nitrogen and oxygen atoms in total. The van der Waals surface area contributed by atoms with Crippen LogP contribution in [0.15, 0.2) is 30.5 Å². The molecule has 0 bridgehead atoms. The number of methoxy groups -OCH3 is 1. The van der Waals surface area contributed by atoms with Crippen LogP contribution in [0, 0.1) is 0 Å². The van der Waals surface area contributed by atoms with E-state index < -0.39 is 5.60 Å². The van der Waals surface area contributed by atoms with Gasteiger partial charge in [-0.05, 0) is 31.5 Å². The van der Waals surface area contributed by atoms with Crippen LogP contribution in [0.3, 0.4) is 0 Å². The number of ether oxygens (including phenoxy) is 1. The molecule has 0 spiro atoms. The van der Waals surface area contributed by atoms with Crippen LogP contribution in [0.5, 0.6) is 5.75 Å². The lowest BCUT2D eigenvalue weighted by molar-refractivity contribution is 0.0737. The fourth-order valence-corrected chi connectivity index (χ4v) is 1.61. The van der Waals surface area contributed by atoms with Gasteiger partial charge in [0.1, 0.15) is 17.0 Å². The second-order valence-corrected chi connectivity index (χ2v) is 4.71. The molecule has 0 atom stereocenters. The molecule has 18 heavy (non-hydrogen) atoms. The Kier molecular flexibility index (Phi) is 3.34. The predicted octanol–water partition coefficient (Wildman–Crippen LogP) is 1.56. The molecule has 0 fully saturated rings. The van der Waals surface area contributed by atoms with Crippen molar-refractivity contribution in [2.24, 2.45) is 0 Å². The van der Waals surface area contributed by atoms with Crippen LogP contribution in [0.2, 0.25) is 0 Å². The first-order valence-electron chi connectivity index (χ1n) is 5.75. The summed E-state index contributed by atoms with van der Waals surface area (Å²) >= 11 is 0. The quantitative estimate of drug-likeness (QED) is 0.890. The molecule has 1 N–H and O–H groups in total. The molecular formula is C13H17N3O2. The molecule has 96 valence electrons. The Bertz CT molecular complexity index is 529. The smallest absolute Gasteiger partial charge is 0.119 e. The molecule has 1 aromatic heterocycles. The van der Waals surface area contributed by atoms with Crippen molar-refractivity contribution in [3.63, 3.8) is 0 Å². The van der Waals surface area contributed by atoms with Crippen LogP contribution in [-0.2, 0) is 12.1 Å². The molecule has 0 aliphatic heterocycles. The van der Waals surface area contributed by atoms with Gasteiger partial charge in [0.15, 0.2) is 0 Å². The van der Waals surface area contributed by atoms with Crippen molar-refractivity contribution in [3.05, 3.63) is 41.7 Å². The first-order chi connectivity index (χ1) is 8.49. The van der Waals surface area contributed by atoms with Gasteiger partial charge in [0.25, 0.3) is 0 Å². The summed E-state index contributed by atoms with van der Waals surface area (Å²) in [7, 11) is 1.64. The highest BCUT2D eigenvalue weighted by molar-refractivity contribution is 5.28. The third kappa shape index (κ3) is 2.87. The van der Waals surface area contributed by atoms with Crippen LogP contribution in [0.4, 0.5) is 0 Å². The maximum Gasteiger partial charge on any atom is 0.119 e. The van der Waals surface area contributed by atoms with Crippen LogP contribution >= 0.6 is 0 Å². The lowest BCUT2D eigenvalue weighted by Crippen LogP contribution is -2.15. The fraction of sp³-hybridized carbons (Fsp3) is 0.385. The van der Waals surface area contributed by atoms with E-state index in [1.54, 1.807) is 31.8 Å². The largest absolute Gasteiger partial charge is 0.497 e. The minimum absolute atomic E-state index is 0.561. The first kappa shape index (κ1) is 12.6. The third-order valence-electron chi connectivity index (χ3n) is 2.64. The number of benzene rings is 1. The predicted molar refractivity (Wildman–Crippen MR) is 67.4 cm³/mol. The van der Waals surface area contributed by atoms with E-state index in [0.29, 0.717) is 12.2 Å². The van der Waals surface area contributed by atoms with Gasteiger partial charge in [0, 0.05) is 0 Å². The molecule has 0 radical (unpaired) electrons. The van der Waals surface area contributed by atoms with Gasteiger partial charge in [-0.15, -0.1) is 5.10 Å². The molecular weight excluding hydrogens is 230 g/mol. The summed E-state index contributed by atoms with van der Waals surface area (Å²) in [5, 5.41) is 17.8. The summed E-state index contributed by atoms with van der Waals surface area (Å²) in [4.78, 5) is 0. The third-order valence-corrected chi connectivity index (χ3v) is 2.64. The van der Waals surface area contributed by atoms with Crippen molar-refractivity contribution in [1.82, 2.24) is 15.0 Å². The maximum atomic E-state index is 9.81. The Hall–Kier alpha value is -1.88. The van der Waals surface area contributed by atoms with Crippen LogP contribution in [0.1, 0.15) is 25.1 Å². The van der Waals surface area contributed by atoms with E-state index in [4.69, 9.17) is 4.74 Å². The zero-order valence-electron chi connectivity index (χ0n) is 10.8. The van der Waals surface area contributed by atoms with E-state index in [1.807, 2.05) is 24.3 Å². The Labute approximate surface area is 106 Å². The molecule has 0 amide bonds. The number of rotatable bonds is 4. The topological polar surface area (TPSA) is 60.2 Å². The van der Waals surface area contributed by atoms with Gasteiger partial charge >= 0.3 is 0 Å². The standard InChI is InChI=1S/C13H17N3O2/c1-13(2,17)12-9-16(15-14-12)8-10-5-4-6-11(7-10)18-3/h4-7,9,17H,8H2,1-3H3. The van der Waals surface area contributed by atoms with Crippen LogP contribution < -0.4 is 4.74 Å². The van der Waals surface area contributed by atoms with E-state index in [0.717, 1.165) is 11.3 Å². The van der Waals surface area contributed by atoms with Gasteiger partial charge in [-0.3, -0.25) is 0 Å². The van der Waals surface area contributed by atoms with Crippen molar-refractivity contribution < 1.29 is 9.84 Å². The van der Waals surface area contributed by atoms with Crippen molar-refractivity contribution in [1.29, 1.82) is 0 Å². The molecule has 2 aromatic rings. The molecule has 0 aliphatic carbocycles. The van der Waals surface area contributed by atoms with E-state index in [2.05, 4.69) is 10.3 Å². The molecule has 1 heterocycles.